The van der Waals surface area contributed by atoms with Gasteiger partial charge in [-0.25, -0.2) is 0 Å². The number of hydrogen-bond donors (Lipinski definition) is 0. The second-order valence-electron chi connectivity index (χ2n) is 5.11. The number of benzene rings is 1. The lowest BCUT2D eigenvalue weighted by molar-refractivity contribution is 0.192. The van der Waals surface area contributed by atoms with E-state index in [1.807, 2.05) is 0 Å². The van der Waals surface area contributed by atoms with Gasteiger partial charge in [-0.15, -0.1) is 0 Å². The van der Waals surface area contributed by atoms with Gasteiger partial charge in [0.15, 0.2) is 0 Å². The third kappa shape index (κ3) is 1.05. The van der Waals surface area contributed by atoms with Gasteiger partial charge in [0.05, 0.1) is 14.1 Å². The molecule has 2 rings (SSSR count). The molecule has 14 heavy (non-hydrogen) atoms. The zero-order valence-corrected chi connectivity index (χ0v) is 9.67. The first-order valence-corrected chi connectivity index (χ1v) is 5.44. The van der Waals surface area contributed by atoms with Crippen molar-refractivity contribution in [2.45, 2.75) is 32.2 Å². The maximum Gasteiger partial charge on any atom is 0.136 e. The fourth-order valence-corrected chi connectivity index (χ4v) is 2.62. The van der Waals surface area contributed by atoms with Crippen LogP contribution in [0.5, 0.6) is 0 Å². The van der Waals surface area contributed by atoms with E-state index in [0.717, 1.165) is 4.48 Å². The molecule has 0 aromatic heterocycles. The van der Waals surface area contributed by atoms with E-state index < -0.39 is 0 Å². The highest BCUT2D eigenvalue weighted by atomic mass is 15.4. The summed E-state index contributed by atoms with van der Waals surface area (Å²) in [5.41, 5.74) is 3.41. The maximum absolute atomic E-state index is 2.40. The third-order valence-electron chi connectivity index (χ3n) is 4.28. The summed E-state index contributed by atoms with van der Waals surface area (Å²) in [4.78, 5) is 0. The molecule has 0 spiro atoms. The molecule has 0 aliphatic carbocycles. The van der Waals surface area contributed by atoms with Crippen molar-refractivity contribution in [3.05, 3.63) is 29.8 Å². The Balaban J connectivity index is 2.56. The lowest BCUT2D eigenvalue weighted by Crippen LogP contribution is -2.56. The van der Waals surface area contributed by atoms with Crippen LogP contribution in [0.4, 0.5) is 5.69 Å². The van der Waals surface area contributed by atoms with Gasteiger partial charge in [0.1, 0.15) is 11.2 Å². The summed E-state index contributed by atoms with van der Waals surface area (Å²) in [6, 6.07) is 8.85. The smallest absolute Gasteiger partial charge is 0.136 e. The number of nitrogens with zero attached hydrogens (tertiary/aromatic N) is 1. The van der Waals surface area contributed by atoms with Crippen LogP contribution >= 0.6 is 0 Å². The first-order chi connectivity index (χ1) is 6.51. The van der Waals surface area contributed by atoms with Crippen molar-refractivity contribution in [3.63, 3.8) is 0 Å². The lowest BCUT2D eigenvalue weighted by atomic mass is 9.92. The maximum atomic E-state index is 2.40. The molecule has 1 heterocycles. The van der Waals surface area contributed by atoms with Gasteiger partial charge in [-0.1, -0.05) is 25.1 Å². The molecule has 1 unspecified atom stereocenters. The van der Waals surface area contributed by atoms with Crippen molar-refractivity contribution in [1.82, 2.24) is 4.48 Å². The number of quaternary nitrogens is 1. The Morgan fingerprint density at radius 3 is 2.50 bits per heavy atom. The highest BCUT2D eigenvalue weighted by Crippen LogP contribution is 2.43. The summed E-state index contributed by atoms with van der Waals surface area (Å²) in [6.45, 7) is 4.69. The molecule has 1 aliphatic heterocycles. The standard InChI is InChI=1S/C13H20N/c1-5-13(2)10-11-8-6-7-9-12(11)14(13,3)4/h6-9H,5,10H2,1-4H3/q+1. The molecule has 1 heteroatoms. The molecule has 1 aliphatic rings. The first kappa shape index (κ1) is 9.72. The third-order valence-corrected chi connectivity index (χ3v) is 4.28. The fraction of sp³-hybridized carbons (Fsp3) is 0.538. The summed E-state index contributed by atoms with van der Waals surface area (Å²) in [5.74, 6) is 0. The van der Waals surface area contributed by atoms with Crippen LogP contribution in [-0.4, -0.2) is 19.6 Å². The Hall–Kier alpha value is -0.820. The highest BCUT2D eigenvalue weighted by molar-refractivity contribution is 5.56. The van der Waals surface area contributed by atoms with Crippen molar-refractivity contribution in [2.24, 2.45) is 0 Å². The Labute approximate surface area is 86.9 Å². The Morgan fingerprint density at radius 1 is 1.29 bits per heavy atom. The number of hydrogen-bond acceptors (Lipinski definition) is 0. The van der Waals surface area contributed by atoms with Crippen LogP contribution in [0, 0.1) is 0 Å². The predicted molar refractivity (Wildman–Crippen MR) is 62.5 cm³/mol. The average Bonchev–Trinajstić information content (AvgIpc) is 2.37. The van der Waals surface area contributed by atoms with E-state index in [9.17, 15) is 0 Å². The summed E-state index contributed by atoms with van der Waals surface area (Å²) in [6.07, 6.45) is 2.45. The quantitative estimate of drug-likeness (QED) is 0.597. The summed E-state index contributed by atoms with van der Waals surface area (Å²) in [5, 5.41) is 0. The molecule has 0 saturated heterocycles. The second-order valence-corrected chi connectivity index (χ2v) is 5.11. The van der Waals surface area contributed by atoms with Crippen LogP contribution in [0.1, 0.15) is 25.8 Å². The molecule has 0 amide bonds. The average molecular weight is 190 g/mol. The highest BCUT2D eigenvalue weighted by Gasteiger charge is 2.48. The van der Waals surface area contributed by atoms with Crippen LogP contribution in [0.25, 0.3) is 0 Å². The van der Waals surface area contributed by atoms with Crippen molar-refractivity contribution < 1.29 is 0 Å². The van der Waals surface area contributed by atoms with Crippen molar-refractivity contribution in [3.8, 4) is 0 Å². The van der Waals surface area contributed by atoms with Gasteiger partial charge in [0, 0.05) is 12.0 Å². The van der Waals surface area contributed by atoms with Gasteiger partial charge in [-0.3, -0.25) is 4.48 Å². The Kier molecular flexibility index (Phi) is 1.97. The van der Waals surface area contributed by atoms with Gasteiger partial charge >= 0.3 is 0 Å². The number of fused-ring (bicyclic) bond motifs is 1. The molecule has 1 aromatic carbocycles. The summed E-state index contributed by atoms with van der Waals surface area (Å²) in [7, 11) is 4.66. The van der Waals surface area contributed by atoms with Crippen molar-refractivity contribution >= 4 is 5.69 Å². The molecular weight excluding hydrogens is 170 g/mol. The van der Waals surface area contributed by atoms with E-state index in [-0.39, 0.29) is 0 Å². The topological polar surface area (TPSA) is 0 Å². The predicted octanol–water partition coefficient (Wildman–Crippen LogP) is 2.98. The largest absolute Gasteiger partial charge is 0.291 e. The molecular formula is C13H20N+. The number of para-hydroxylation sites is 1. The van der Waals surface area contributed by atoms with Crippen LogP contribution in [0.3, 0.4) is 0 Å². The molecule has 0 fully saturated rings. The van der Waals surface area contributed by atoms with Gasteiger partial charge in [0.25, 0.3) is 0 Å². The van der Waals surface area contributed by atoms with E-state index in [4.69, 9.17) is 0 Å². The van der Waals surface area contributed by atoms with E-state index in [1.54, 1.807) is 0 Å². The van der Waals surface area contributed by atoms with Crippen molar-refractivity contribution in [1.29, 1.82) is 0 Å². The molecule has 0 saturated carbocycles. The number of likely N-dealkylation sites (N-methyl/N-ethyl adjacent to an activating group) is 1. The Bertz CT molecular complexity index is 354. The van der Waals surface area contributed by atoms with Gasteiger partial charge in [-0.05, 0) is 19.4 Å². The molecule has 0 N–H and O–H groups in total. The van der Waals surface area contributed by atoms with Crippen LogP contribution < -0.4 is 4.48 Å². The molecule has 0 bridgehead atoms. The second kappa shape index (κ2) is 2.83. The van der Waals surface area contributed by atoms with Crippen LogP contribution in [0.15, 0.2) is 24.3 Å². The monoisotopic (exact) mass is 190 g/mol. The van der Waals surface area contributed by atoms with E-state index in [0.29, 0.717) is 5.54 Å². The SMILES string of the molecule is CCC1(C)Cc2ccccc2[N+]1(C)C. The van der Waals surface area contributed by atoms with E-state index in [1.165, 1.54) is 24.1 Å². The van der Waals surface area contributed by atoms with E-state index >= 15 is 0 Å². The lowest BCUT2D eigenvalue weighted by Gasteiger charge is -2.40. The normalized spacial score (nSPS) is 28.9. The minimum Gasteiger partial charge on any atom is -0.291 e. The minimum atomic E-state index is 0.379. The van der Waals surface area contributed by atoms with Crippen molar-refractivity contribution in [2.75, 3.05) is 14.1 Å². The zero-order chi connectivity index (χ0) is 10.4. The summed E-state index contributed by atoms with van der Waals surface area (Å²) >= 11 is 0. The summed E-state index contributed by atoms with van der Waals surface area (Å²) < 4.78 is 1.03. The fourth-order valence-electron chi connectivity index (χ4n) is 2.62. The molecule has 1 nitrogen and oxygen atoms in total. The Morgan fingerprint density at radius 2 is 1.93 bits per heavy atom. The molecule has 1 aromatic rings. The number of rotatable bonds is 1. The van der Waals surface area contributed by atoms with Gasteiger partial charge in [0.2, 0.25) is 0 Å². The molecule has 0 radical (unpaired) electrons. The first-order valence-electron chi connectivity index (χ1n) is 5.44. The molecule has 76 valence electrons. The molecule has 1 atom stereocenters. The minimum absolute atomic E-state index is 0.379. The van der Waals surface area contributed by atoms with Crippen LogP contribution in [-0.2, 0) is 6.42 Å². The van der Waals surface area contributed by atoms with Gasteiger partial charge in [-0.2, -0.15) is 0 Å². The van der Waals surface area contributed by atoms with Crippen LogP contribution in [0.2, 0.25) is 0 Å². The zero-order valence-electron chi connectivity index (χ0n) is 9.67. The van der Waals surface area contributed by atoms with E-state index in [2.05, 4.69) is 52.2 Å². The van der Waals surface area contributed by atoms with Gasteiger partial charge < -0.3 is 0 Å².